The van der Waals surface area contributed by atoms with Crippen LogP contribution in [0.3, 0.4) is 0 Å². The highest BCUT2D eigenvalue weighted by Gasteiger charge is 2.02. The summed E-state index contributed by atoms with van der Waals surface area (Å²) in [5, 5.41) is 21.5. The van der Waals surface area contributed by atoms with Crippen LogP contribution in [-0.2, 0) is 0 Å². The van der Waals surface area contributed by atoms with E-state index >= 15 is 0 Å². The van der Waals surface area contributed by atoms with E-state index in [-0.39, 0.29) is 5.75 Å². The molecular weight excluding hydrogens is 360 g/mol. The Morgan fingerprint density at radius 1 is 0.517 bits per heavy atom. The molecule has 0 unspecified atom stereocenters. The van der Waals surface area contributed by atoms with Gasteiger partial charge < -0.3 is 20.4 Å². The molecule has 4 nitrogen and oxygen atoms in total. The van der Waals surface area contributed by atoms with Crippen molar-refractivity contribution in [1.82, 2.24) is 0 Å². The van der Waals surface area contributed by atoms with E-state index in [1.54, 1.807) is 24.3 Å². The quantitative estimate of drug-likeness (QED) is 0.362. The first-order valence-corrected chi connectivity index (χ1v) is 9.31. The number of nitrogens with zero attached hydrogens (tertiary/aromatic N) is 1. The fraction of sp³-hybridized carbons (Fsp3) is 0.0400. The summed E-state index contributed by atoms with van der Waals surface area (Å²) in [7, 11) is 2.00. The molecule has 0 aliphatic rings. The van der Waals surface area contributed by atoms with E-state index in [4.69, 9.17) is 5.11 Å². The SMILES string of the molecule is CN(c1ccccc1)c1ccc(O)cc1.Oc1ccc(Nc2ccccc2)cc1. The molecule has 29 heavy (non-hydrogen) atoms. The second kappa shape index (κ2) is 9.85. The van der Waals surface area contributed by atoms with Crippen LogP contribution in [0, 0.1) is 0 Å². The van der Waals surface area contributed by atoms with Crippen LogP contribution in [0.4, 0.5) is 22.7 Å². The van der Waals surface area contributed by atoms with Gasteiger partial charge in [-0.1, -0.05) is 36.4 Å². The lowest BCUT2D eigenvalue weighted by molar-refractivity contribution is 0.475. The minimum atomic E-state index is 0.281. The Morgan fingerprint density at radius 3 is 1.48 bits per heavy atom. The number of phenols is 2. The average Bonchev–Trinajstić information content (AvgIpc) is 2.77. The van der Waals surface area contributed by atoms with Gasteiger partial charge in [0.25, 0.3) is 0 Å². The summed E-state index contributed by atoms with van der Waals surface area (Å²) >= 11 is 0. The van der Waals surface area contributed by atoms with Crippen LogP contribution in [0.15, 0.2) is 109 Å². The van der Waals surface area contributed by atoms with Crippen molar-refractivity contribution in [3.8, 4) is 11.5 Å². The van der Waals surface area contributed by atoms with Crippen molar-refractivity contribution in [2.45, 2.75) is 0 Å². The number of anilines is 4. The van der Waals surface area contributed by atoms with Gasteiger partial charge in [0, 0.05) is 29.8 Å². The molecule has 4 aromatic rings. The Labute approximate surface area is 171 Å². The van der Waals surface area contributed by atoms with Crippen molar-refractivity contribution in [2.75, 3.05) is 17.3 Å². The molecule has 0 amide bonds. The molecule has 4 aromatic carbocycles. The second-order valence-corrected chi connectivity index (χ2v) is 6.45. The molecule has 4 rings (SSSR count). The first kappa shape index (κ1) is 19.8. The molecule has 0 fully saturated rings. The Kier molecular flexibility index (Phi) is 6.74. The van der Waals surface area contributed by atoms with Gasteiger partial charge in [0.15, 0.2) is 0 Å². The van der Waals surface area contributed by atoms with Crippen molar-refractivity contribution >= 4 is 22.7 Å². The maximum Gasteiger partial charge on any atom is 0.115 e. The van der Waals surface area contributed by atoms with E-state index in [1.807, 2.05) is 92.0 Å². The topological polar surface area (TPSA) is 55.7 Å². The zero-order chi connectivity index (χ0) is 20.5. The van der Waals surface area contributed by atoms with Gasteiger partial charge in [0.05, 0.1) is 0 Å². The van der Waals surface area contributed by atoms with E-state index in [9.17, 15) is 5.11 Å². The predicted molar refractivity (Wildman–Crippen MR) is 120 cm³/mol. The van der Waals surface area contributed by atoms with E-state index in [0.29, 0.717) is 5.75 Å². The maximum absolute atomic E-state index is 9.19. The fourth-order valence-corrected chi connectivity index (χ4v) is 2.71. The van der Waals surface area contributed by atoms with Crippen LogP contribution in [0.2, 0.25) is 0 Å². The summed E-state index contributed by atoms with van der Waals surface area (Å²) in [5.74, 6) is 0.573. The molecular formula is C25H24N2O2. The fourth-order valence-electron chi connectivity index (χ4n) is 2.71. The lowest BCUT2D eigenvalue weighted by Crippen LogP contribution is -2.08. The van der Waals surface area contributed by atoms with Crippen LogP contribution in [-0.4, -0.2) is 17.3 Å². The molecule has 146 valence electrons. The Balaban J connectivity index is 0.000000166. The summed E-state index contributed by atoms with van der Waals surface area (Å²) in [6.07, 6.45) is 0. The van der Waals surface area contributed by atoms with Gasteiger partial charge in [-0.15, -0.1) is 0 Å². The number of hydrogen-bond acceptors (Lipinski definition) is 4. The number of hydrogen-bond donors (Lipinski definition) is 3. The van der Waals surface area contributed by atoms with Crippen molar-refractivity contribution in [3.05, 3.63) is 109 Å². The van der Waals surface area contributed by atoms with Gasteiger partial charge in [-0.3, -0.25) is 0 Å². The summed E-state index contributed by atoms with van der Waals surface area (Å²) < 4.78 is 0. The lowest BCUT2D eigenvalue weighted by Gasteiger charge is -2.19. The average molecular weight is 384 g/mol. The highest BCUT2D eigenvalue weighted by atomic mass is 16.3. The monoisotopic (exact) mass is 384 g/mol. The van der Waals surface area contributed by atoms with Gasteiger partial charge in [-0.2, -0.15) is 0 Å². The van der Waals surface area contributed by atoms with Crippen molar-refractivity contribution in [1.29, 1.82) is 0 Å². The minimum Gasteiger partial charge on any atom is -0.508 e. The number of phenolic OH excluding ortho intramolecular Hbond substituents is 2. The Morgan fingerprint density at radius 2 is 0.931 bits per heavy atom. The normalized spacial score (nSPS) is 9.83. The van der Waals surface area contributed by atoms with Gasteiger partial charge in [-0.05, 0) is 72.8 Å². The van der Waals surface area contributed by atoms with E-state index < -0.39 is 0 Å². The molecule has 0 saturated carbocycles. The number of rotatable bonds is 4. The van der Waals surface area contributed by atoms with Crippen molar-refractivity contribution in [2.24, 2.45) is 0 Å². The third-order valence-electron chi connectivity index (χ3n) is 4.31. The lowest BCUT2D eigenvalue weighted by atomic mass is 10.2. The van der Waals surface area contributed by atoms with Gasteiger partial charge in [0.1, 0.15) is 11.5 Å². The van der Waals surface area contributed by atoms with Gasteiger partial charge in [-0.25, -0.2) is 0 Å². The molecule has 0 aliphatic heterocycles. The first-order chi connectivity index (χ1) is 14.1. The largest absolute Gasteiger partial charge is 0.508 e. The summed E-state index contributed by atoms with van der Waals surface area (Å²) in [6, 6.07) is 34.2. The maximum atomic E-state index is 9.19. The summed E-state index contributed by atoms with van der Waals surface area (Å²) in [4.78, 5) is 2.07. The molecule has 3 N–H and O–H groups in total. The molecule has 4 heteroatoms. The number of nitrogens with one attached hydrogen (secondary N) is 1. The number of benzene rings is 4. The molecule has 0 saturated heterocycles. The van der Waals surface area contributed by atoms with Crippen LogP contribution >= 0.6 is 0 Å². The van der Waals surface area contributed by atoms with Crippen LogP contribution in [0.25, 0.3) is 0 Å². The molecule has 0 heterocycles. The molecule has 0 radical (unpaired) electrons. The smallest absolute Gasteiger partial charge is 0.115 e. The zero-order valence-electron chi connectivity index (χ0n) is 16.2. The van der Waals surface area contributed by atoms with Crippen molar-refractivity contribution in [3.63, 3.8) is 0 Å². The molecule has 0 aliphatic carbocycles. The second-order valence-electron chi connectivity index (χ2n) is 6.45. The number of aromatic hydroxyl groups is 2. The zero-order valence-corrected chi connectivity index (χ0v) is 16.2. The molecule has 0 bridgehead atoms. The standard InChI is InChI=1S/C13H13NO.C12H11NO/c1-14(11-5-3-2-4-6-11)12-7-9-13(15)10-8-12;14-12-8-6-11(7-9-12)13-10-4-2-1-3-5-10/h2-10,15H,1H3;1-9,13-14H. The summed E-state index contributed by atoms with van der Waals surface area (Å²) in [5.41, 5.74) is 4.19. The van der Waals surface area contributed by atoms with Gasteiger partial charge >= 0.3 is 0 Å². The van der Waals surface area contributed by atoms with Crippen LogP contribution < -0.4 is 10.2 Å². The highest BCUT2D eigenvalue weighted by molar-refractivity contribution is 5.62. The molecule has 0 atom stereocenters. The van der Waals surface area contributed by atoms with E-state index in [1.165, 1.54) is 0 Å². The highest BCUT2D eigenvalue weighted by Crippen LogP contribution is 2.24. The van der Waals surface area contributed by atoms with Crippen LogP contribution in [0.1, 0.15) is 0 Å². The Hall–Kier alpha value is -3.92. The number of para-hydroxylation sites is 2. The van der Waals surface area contributed by atoms with E-state index in [2.05, 4.69) is 10.2 Å². The summed E-state index contributed by atoms with van der Waals surface area (Å²) in [6.45, 7) is 0. The third-order valence-corrected chi connectivity index (χ3v) is 4.31. The van der Waals surface area contributed by atoms with Crippen molar-refractivity contribution < 1.29 is 10.2 Å². The predicted octanol–water partition coefficient (Wildman–Crippen LogP) is 6.30. The van der Waals surface area contributed by atoms with Gasteiger partial charge in [0.2, 0.25) is 0 Å². The Bertz CT molecular complexity index is 986. The first-order valence-electron chi connectivity index (χ1n) is 9.31. The van der Waals surface area contributed by atoms with Crippen LogP contribution in [0.5, 0.6) is 11.5 Å². The molecule has 0 aromatic heterocycles. The van der Waals surface area contributed by atoms with E-state index in [0.717, 1.165) is 22.7 Å². The third kappa shape index (κ3) is 6.04. The minimum absolute atomic E-state index is 0.281. The molecule has 0 spiro atoms.